The minimum Gasteiger partial charge on any atom is -0.356 e. The van der Waals surface area contributed by atoms with E-state index in [-0.39, 0.29) is 25.2 Å². The van der Waals surface area contributed by atoms with Gasteiger partial charge in [0.05, 0.1) is 0 Å². The molecule has 0 heterocycles. The van der Waals surface area contributed by atoms with Crippen molar-refractivity contribution in [1.82, 2.24) is 0 Å². The molecule has 0 aromatic heterocycles. The fourth-order valence-corrected chi connectivity index (χ4v) is 3.23. The van der Waals surface area contributed by atoms with E-state index >= 15 is 0 Å². The molecule has 0 saturated carbocycles. The molecule has 0 aromatic rings. The van der Waals surface area contributed by atoms with Gasteiger partial charge >= 0.3 is 0 Å². The second-order valence-corrected chi connectivity index (χ2v) is 7.40. The van der Waals surface area contributed by atoms with E-state index in [1.54, 1.807) is 14.2 Å². The molecule has 33 heavy (non-hydrogen) atoms. The number of allylic oxidation sites excluding steroid dienone is 4. The van der Waals surface area contributed by atoms with Crippen LogP contribution in [0.2, 0.25) is 0 Å². The average molecular weight is 475 g/mol. The van der Waals surface area contributed by atoms with Crippen molar-refractivity contribution in [3.05, 3.63) is 24.3 Å². The summed E-state index contributed by atoms with van der Waals surface area (Å²) in [4.78, 5) is 0. The second kappa shape index (κ2) is 24.3. The van der Waals surface area contributed by atoms with E-state index in [9.17, 15) is 0 Å². The second-order valence-electron chi connectivity index (χ2n) is 7.40. The third kappa shape index (κ3) is 19.2. The van der Waals surface area contributed by atoms with Gasteiger partial charge in [0.1, 0.15) is 0 Å². The molecule has 0 N–H and O–H groups in total. The van der Waals surface area contributed by atoms with Crippen molar-refractivity contribution in [3.8, 4) is 0 Å². The van der Waals surface area contributed by atoms with Gasteiger partial charge in [-0.1, -0.05) is 24.3 Å². The topological polar surface area (TPSA) is 64.6 Å². The summed E-state index contributed by atoms with van der Waals surface area (Å²) < 4.78 is 39.2. The highest BCUT2D eigenvalue weighted by Gasteiger charge is 2.14. The standard InChI is InChI=1S/C26H50O7/c1-7-29-25(30-8-2)21-17-13-11-15-19-23(27-5)33-24(28-6)20-16-12-14-18-22-26(31-9-3)32-10-4/h11-14,23-26H,7-10,15-22H2,1-6H3/b13-11-,14-12-. The number of methoxy groups -OCH3 is 2. The fourth-order valence-electron chi connectivity index (χ4n) is 3.23. The normalized spacial score (nSPS) is 14.3. The molecular formula is C26H50O7. The van der Waals surface area contributed by atoms with Crippen molar-refractivity contribution in [2.45, 2.75) is 104 Å². The molecule has 2 atom stereocenters. The zero-order chi connectivity index (χ0) is 24.6. The summed E-state index contributed by atoms with van der Waals surface area (Å²) in [6.07, 6.45) is 14.7. The molecule has 0 radical (unpaired) electrons. The first-order valence-corrected chi connectivity index (χ1v) is 12.6. The molecule has 0 rings (SSSR count). The van der Waals surface area contributed by atoms with Crippen molar-refractivity contribution in [1.29, 1.82) is 0 Å². The van der Waals surface area contributed by atoms with E-state index in [0.29, 0.717) is 26.4 Å². The van der Waals surface area contributed by atoms with E-state index < -0.39 is 0 Å². The van der Waals surface area contributed by atoms with Crippen LogP contribution in [0.5, 0.6) is 0 Å². The smallest absolute Gasteiger partial charge is 0.160 e. The lowest BCUT2D eigenvalue weighted by Crippen LogP contribution is -2.25. The molecule has 0 aliphatic carbocycles. The van der Waals surface area contributed by atoms with Crippen LogP contribution in [0.4, 0.5) is 0 Å². The van der Waals surface area contributed by atoms with Crippen molar-refractivity contribution < 1.29 is 33.2 Å². The third-order valence-corrected chi connectivity index (χ3v) is 4.85. The Balaban J connectivity index is 4.11. The molecule has 196 valence electrons. The highest BCUT2D eigenvalue weighted by Crippen LogP contribution is 2.14. The van der Waals surface area contributed by atoms with Crippen molar-refractivity contribution in [2.75, 3.05) is 40.6 Å². The Morgan fingerprint density at radius 2 is 0.727 bits per heavy atom. The molecule has 0 fully saturated rings. The van der Waals surface area contributed by atoms with Crippen LogP contribution in [0.1, 0.15) is 79.1 Å². The summed E-state index contributed by atoms with van der Waals surface area (Å²) in [6.45, 7) is 10.6. The van der Waals surface area contributed by atoms with Gasteiger partial charge in [-0.2, -0.15) is 0 Å². The third-order valence-electron chi connectivity index (χ3n) is 4.85. The van der Waals surface area contributed by atoms with Crippen molar-refractivity contribution >= 4 is 0 Å². The first-order valence-electron chi connectivity index (χ1n) is 12.6. The van der Waals surface area contributed by atoms with Crippen molar-refractivity contribution in [2.24, 2.45) is 0 Å². The maximum absolute atomic E-state index is 5.97. The van der Waals surface area contributed by atoms with Crippen LogP contribution < -0.4 is 0 Å². The lowest BCUT2D eigenvalue weighted by molar-refractivity contribution is -0.232. The van der Waals surface area contributed by atoms with Crippen LogP contribution in [0.3, 0.4) is 0 Å². The zero-order valence-electron chi connectivity index (χ0n) is 22.0. The Kier molecular flexibility index (Phi) is 23.7. The van der Waals surface area contributed by atoms with E-state index in [2.05, 4.69) is 24.3 Å². The van der Waals surface area contributed by atoms with Crippen LogP contribution in [-0.4, -0.2) is 65.8 Å². The Morgan fingerprint density at radius 3 is 0.970 bits per heavy atom. The molecule has 0 saturated heterocycles. The molecule has 0 aliphatic heterocycles. The lowest BCUT2D eigenvalue weighted by atomic mass is 10.2. The summed E-state index contributed by atoms with van der Waals surface area (Å²) in [6, 6.07) is 0. The Labute approximate surface area is 202 Å². The maximum Gasteiger partial charge on any atom is 0.160 e. The molecule has 0 bridgehead atoms. The van der Waals surface area contributed by atoms with Gasteiger partial charge in [-0.3, -0.25) is 0 Å². The minimum atomic E-state index is -0.290. The highest BCUT2D eigenvalue weighted by atomic mass is 16.8. The Hall–Kier alpha value is -0.800. The zero-order valence-corrected chi connectivity index (χ0v) is 22.0. The number of hydrogen-bond donors (Lipinski definition) is 0. The Bertz CT molecular complexity index is 404. The average Bonchev–Trinajstić information content (AvgIpc) is 2.81. The molecular weight excluding hydrogens is 424 g/mol. The monoisotopic (exact) mass is 474 g/mol. The molecule has 7 nitrogen and oxygen atoms in total. The fraction of sp³-hybridized carbons (Fsp3) is 0.846. The van der Waals surface area contributed by atoms with Crippen LogP contribution >= 0.6 is 0 Å². The van der Waals surface area contributed by atoms with Crippen molar-refractivity contribution in [3.63, 3.8) is 0 Å². The number of rotatable bonds is 24. The van der Waals surface area contributed by atoms with Gasteiger partial charge in [0, 0.05) is 66.3 Å². The first kappa shape index (κ1) is 32.2. The number of ether oxygens (including phenoxy) is 7. The van der Waals surface area contributed by atoms with E-state index in [4.69, 9.17) is 33.2 Å². The summed E-state index contributed by atoms with van der Waals surface area (Å²) in [5.41, 5.74) is 0. The van der Waals surface area contributed by atoms with Gasteiger partial charge in [0.25, 0.3) is 0 Å². The lowest BCUT2D eigenvalue weighted by Gasteiger charge is -2.22. The van der Waals surface area contributed by atoms with Gasteiger partial charge in [-0.05, 0) is 53.4 Å². The molecule has 0 spiro atoms. The SMILES string of the molecule is CCOC(CC/C=C\CCC(OC)OC(CC/C=C\CCC(OCC)OCC)OC)OCC. The molecule has 2 unspecified atom stereocenters. The van der Waals surface area contributed by atoms with E-state index in [1.807, 2.05) is 27.7 Å². The minimum absolute atomic E-state index is 0.119. The summed E-state index contributed by atoms with van der Waals surface area (Å²) in [5, 5.41) is 0. The maximum atomic E-state index is 5.97. The van der Waals surface area contributed by atoms with Gasteiger partial charge in [-0.25, -0.2) is 0 Å². The quantitative estimate of drug-likeness (QED) is 0.126. The predicted octanol–water partition coefficient (Wildman–Crippen LogP) is 5.98. The van der Waals surface area contributed by atoms with Gasteiger partial charge in [0.15, 0.2) is 25.2 Å². The molecule has 0 aliphatic rings. The summed E-state index contributed by atoms with van der Waals surface area (Å²) in [7, 11) is 3.34. The Morgan fingerprint density at radius 1 is 0.455 bits per heavy atom. The van der Waals surface area contributed by atoms with Gasteiger partial charge in [-0.15, -0.1) is 0 Å². The number of hydrogen-bond acceptors (Lipinski definition) is 7. The van der Waals surface area contributed by atoms with Crippen LogP contribution in [0.25, 0.3) is 0 Å². The summed E-state index contributed by atoms with van der Waals surface area (Å²) in [5.74, 6) is 0. The van der Waals surface area contributed by atoms with E-state index in [0.717, 1.165) is 51.4 Å². The predicted molar refractivity (Wildman–Crippen MR) is 132 cm³/mol. The van der Waals surface area contributed by atoms with Gasteiger partial charge < -0.3 is 33.2 Å². The van der Waals surface area contributed by atoms with Crippen LogP contribution in [0, 0.1) is 0 Å². The van der Waals surface area contributed by atoms with Crippen LogP contribution in [0.15, 0.2) is 24.3 Å². The van der Waals surface area contributed by atoms with Gasteiger partial charge in [0.2, 0.25) is 0 Å². The largest absolute Gasteiger partial charge is 0.356 e. The van der Waals surface area contributed by atoms with Crippen LogP contribution in [-0.2, 0) is 33.2 Å². The molecule has 0 aromatic carbocycles. The summed E-state index contributed by atoms with van der Waals surface area (Å²) >= 11 is 0. The van der Waals surface area contributed by atoms with E-state index in [1.165, 1.54) is 0 Å². The highest BCUT2D eigenvalue weighted by molar-refractivity contribution is 4.83. The molecule has 7 heteroatoms. The molecule has 0 amide bonds. The first-order chi connectivity index (χ1) is 16.1.